The summed E-state index contributed by atoms with van der Waals surface area (Å²) in [7, 11) is 0. The minimum absolute atomic E-state index is 0.0169. The molecule has 0 aliphatic carbocycles. The Morgan fingerprint density at radius 2 is 1.71 bits per heavy atom. The highest BCUT2D eigenvalue weighted by molar-refractivity contribution is 6.05. The fourth-order valence-electron chi connectivity index (χ4n) is 10.3. The number of phenolic OH excluding ortho intramolecular Hbond substituents is 1. The number of rotatable bonds is 5. The van der Waals surface area contributed by atoms with Crippen LogP contribution < -0.4 is 20.4 Å². The molecule has 17 heteroatoms. The number of carbonyl (C=O) groups is 4. The third kappa shape index (κ3) is 7.06. The summed E-state index contributed by atoms with van der Waals surface area (Å²) in [5, 5.41) is 24.5. The minimum atomic E-state index is -1.07. The fraction of sp³-hybridized carbons (Fsp3) is 0.524. The Bertz CT molecular complexity index is 2210. The number of hydrogen-bond acceptors (Lipinski definition) is 11. The number of fused-ring (bicyclic) bond motifs is 4. The molecule has 0 radical (unpaired) electrons. The average molecular weight is 813 g/mol. The van der Waals surface area contributed by atoms with E-state index >= 15 is 0 Å². The molecule has 6 aliphatic rings. The summed E-state index contributed by atoms with van der Waals surface area (Å²) in [6.07, 6.45) is 2.61. The number of aromatic nitrogens is 2. The number of nitrogens with zero attached hydrogens (tertiary/aromatic N) is 8. The summed E-state index contributed by atoms with van der Waals surface area (Å²) < 4.78 is 28.3. The van der Waals surface area contributed by atoms with Crippen LogP contribution >= 0.6 is 0 Å². The first-order chi connectivity index (χ1) is 28.3. The Morgan fingerprint density at radius 3 is 2.46 bits per heavy atom. The number of piperazine rings is 2. The van der Waals surface area contributed by atoms with Crippen molar-refractivity contribution in [3.8, 4) is 17.0 Å². The second kappa shape index (κ2) is 14.9. The monoisotopic (exact) mass is 812 g/mol. The lowest BCUT2D eigenvalue weighted by atomic mass is 9.92. The molecule has 3 N–H and O–H groups in total. The molecule has 1 aromatic heterocycles. The number of benzene rings is 2. The number of amides is 5. The molecular formula is C42H50F2N10O5. The Balaban J connectivity index is 0.785. The van der Waals surface area contributed by atoms with Crippen molar-refractivity contribution in [2.75, 3.05) is 74.0 Å². The van der Waals surface area contributed by atoms with Crippen LogP contribution in [0.3, 0.4) is 0 Å². The number of urea groups is 1. The summed E-state index contributed by atoms with van der Waals surface area (Å²) in [4.78, 5) is 64.4. The van der Waals surface area contributed by atoms with Gasteiger partial charge in [0, 0.05) is 107 Å². The number of carbonyl (C=O) groups excluding carboxylic acids is 4. The number of halogens is 2. The van der Waals surface area contributed by atoms with Crippen molar-refractivity contribution in [3.05, 3.63) is 59.2 Å². The smallest absolute Gasteiger partial charge is 0.320 e. The molecule has 15 nitrogen and oxygen atoms in total. The molecule has 0 saturated carbocycles. The van der Waals surface area contributed by atoms with Crippen LogP contribution in [-0.4, -0.2) is 141 Å². The van der Waals surface area contributed by atoms with Gasteiger partial charge in [-0.25, -0.2) is 13.6 Å². The molecule has 2 aromatic carbocycles. The molecule has 9 rings (SSSR count). The van der Waals surface area contributed by atoms with E-state index in [0.717, 1.165) is 62.9 Å². The summed E-state index contributed by atoms with van der Waals surface area (Å²) >= 11 is 0. The van der Waals surface area contributed by atoms with Gasteiger partial charge in [-0.05, 0) is 75.8 Å². The summed E-state index contributed by atoms with van der Waals surface area (Å²) in [6.45, 7) is 13.0. The van der Waals surface area contributed by atoms with Crippen molar-refractivity contribution in [1.82, 2.24) is 35.1 Å². The largest absolute Gasteiger partial charge is 0.504 e. The van der Waals surface area contributed by atoms with Crippen LogP contribution in [0.1, 0.15) is 62.4 Å². The molecule has 312 valence electrons. The maximum atomic E-state index is 14.3. The fourth-order valence-corrected chi connectivity index (χ4v) is 10.3. The van der Waals surface area contributed by atoms with Gasteiger partial charge in [0.1, 0.15) is 11.9 Å². The lowest BCUT2D eigenvalue weighted by Crippen LogP contribution is -2.69. The van der Waals surface area contributed by atoms with Crippen molar-refractivity contribution in [2.45, 2.75) is 76.7 Å². The molecule has 7 heterocycles. The van der Waals surface area contributed by atoms with Gasteiger partial charge in [0.15, 0.2) is 17.4 Å². The van der Waals surface area contributed by atoms with E-state index in [1.54, 1.807) is 11.0 Å². The highest BCUT2D eigenvalue weighted by atomic mass is 19.1. The number of aromatic hydroxyl groups is 1. The third-order valence-electron chi connectivity index (χ3n) is 13.3. The van der Waals surface area contributed by atoms with Gasteiger partial charge in [-0.2, -0.15) is 0 Å². The van der Waals surface area contributed by atoms with Crippen molar-refractivity contribution in [1.29, 1.82) is 0 Å². The summed E-state index contributed by atoms with van der Waals surface area (Å²) in [5.41, 5.74) is 2.82. The molecular weight excluding hydrogens is 763 g/mol. The van der Waals surface area contributed by atoms with Crippen LogP contribution in [0, 0.1) is 17.6 Å². The highest BCUT2D eigenvalue weighted by Crippen LogP contribution is 2.41. The molecule has 0 spiro atoms. The van der Waals surface area contributed by atoms with Gasteiger partial charge < -0.3 is 34.9 Å². The minimum Gasteiger partial charge on any atom is -0.504 e. The molecule has 3 aromatic rings. The number of imide groups is 1. The first kappa shape index (κ1) is 38.9. The zero-order valence-corrected chi connectivity index (χ0v) is 33.6. The Morgan fingerprint density at radius 1 is 0.949 bits per heavy atom. The summed E-state index contributed by atoms with van der Waals surface area (Å²) in [5.74, 6) is -2.40. The van der Waals surface area contributed by atoms with E-state index in [1.165, 1.54) is 0 Å². The Hall–Kier alpha value is -5.58. The van der Waals surface area contributed by atoms with Crippen LogP contribution in [0.2, 0.25) is 0 Å². The predicted octanol–water partition coefficient (Wildman–Crippen LogP) is 3.63. The number of phenols is 1. The second-order valence-corrected chi connectivity index (χ2v) is 17.4. The average Bonchev–Trinajstić information content (AvgIpc) is 3.53. The summed E-state index contributed by atoms with van der Waals surface area (Å²) in [6, 6.07) is 8.79. The maximum absolute atomic E-state index is 14.3. The zero-order valence-electron chi connectivity index (χ0n) is 33.6. The molecule has 4 saturated heterocycles. The molecule has 6 aliphatic heterocycles. The molecule has 4 atom stereocenters. The van der Waals surface area contributed by atoms with Crippen molar-refractivity contribution in [2.24, 2.45) is 5.92 Å². The predicted molar refractivity (Wildman–Crippen MR) is 215 cm³/mol. The van der Waals surface area contributed by atoms with E-state index < -0.39 is 34.9 Å². The van der Waals surface area contributed by atoms with Crippen molar-refractivity contribution >= 4 is 40.9 Å². The Labute approximate surface area is 341 Å². The van der Waals surface area contributed by atoms with Crippen LogP contribution in [0.15, 0.2) is 36.4 Å². The topological polar surface area (TPSA) is 158 Å². The van der Waals surface area contributed by atoms with Gasteiger partial charge >= 0.3 is 6.03 Å². The molecule has 4 fully saturated rings. The normalized spacial score (nSPS) is 26.4. The Kier molecular flexibility index (Phi) is 9.83. The van der Waals surface area contributed by atoms with E-state index in [9.17, 15) is 33.1 Å². The SMILES string of the molecule is C[C@@H]1CN(CC2CCN(c3ccc4c(c3)C(=O)N(C3CCC(=O)NC3=O)C4)CC2)C[C@H](C)N1C(=O)N1CCN2c3cc(-c4cc(F)cc(F)c4O)nnc3NCC2(C)C1. The quantitative estimate of drug-likeness (QED) is 0.324. The van der Waals surface area contributed by atoms with Gasteiger partial charge in [0.05, 0.1) is 16.9 Å². The number of piperidine rings is 2. The van der Waals surface area contributed by atoms with Gasteiger partial charge in [0.25, 0.3) is 5.91 Å². The van der Waals surface area contributed by atoms with E-state index in [0.29, 0.717) is 68.2 Å². The van der Waals surface area contributed by atoms with Gasteiger partial charge in [-0.15, -0.1) is 10.2 Å². The molecule has 2 unspecified atom stereocenters. The van der Waals surface area contributed by atoms with Crippen molar-refractivity contribution < 1.29 is 33.1 Å². The van der Waals surface area contributed by atoms with Gasteiger partial charge in [-0.1, -0.05) is 6.07 Å². The van der Waals surface area contributed by atoms with Crippen molar-refractivity contribution in [3.63, 3.8) is 0 Å². The van der Waals surface area contributed by atoms with Gasteiger partial charge in [-0.3, -0.25) is 24.6 Å². The molecule has 59 heavy (non-hydrogen) atoms. The lowest BCUT2D eigenvalue weighted by molar-refractivity contribution is -0.136. The number of hydrogen-bond donors (Lipinski definition) is 3. The van der Waals surface area contributed by atoms with E-state index in [2.05, 4.69) is 62.4 Å². The van der Waals surface area contributed by atoms with Crippen LogP contribution in [0.25, 0.3) is 11.3 Å². The second-order valence-electron chi connectivity index (χ2n) is 17.4. The zero-order chi connectivity index (χ0) is 41.3. The van der Waals surface area contributed by atoms with Gasteiger partial charge in [0.2, 0.25) is 11.8 Å². The lowest BCUT2D eigenvalue weighted by Gasteiger charge is -2.54. The standard InChI is InChI=1S/C42H50F2N10O5/c1-24-18-49(20-26-8-10-50(11-9-26)29-5-4-27-21-52(40(58)30(27)16-29)34-6-7-36(55)46-39(34)57)19-25(2)54(24)41(59)51-12-13-53-35-17-33(31-14-28(43)15-32(44)37(31)56)47-48-38(35)45-22-42(53,3)23-51/h4-5,14-17,24-26,34,56H,6-13,18-23H2,1-3H3,(H,45,48)(H,46,55,57)/t24-,25+,34?,42?. The van der Waals surface area contributed by atoms with Crippen LogP contribution in [0.5, 0.6) is 5.75 Å². The first-order valence-corrected chi connectivity index (χ1v) is 20.7. The molecule has 5 amide bonds. The maximum Gasteiger partial charge on any atom is 0.320 e. The van der Waals surface area contributed by atoms with Crippen LogP contribution in [0.4, 0.5) is 30.8 Å². The van der Waals surface area contributed by atoms with Crippen LogP contribution in [-0.2, 0) is 16.1 Å². The van der Waals surface area contributed by atoms with E-state index in [4.69, 9.17) is 0 Å². The number of nitrogens with one attached hydrogen (secondary N) is 2. The third-order valence-corrected chi connectivity index (χ3v) is 13.3. The van der Waals surface area contributed by atoms with E-state index in [1.807, 2.05) is 21.9 Å². The van der Waals surface area contributed by atoms with E-state index in [-0.39, 0.29) is 47.6 Å². The first-order valence-electron chi connectivity index (χ1n) is 20.7. The molecule has 0 bridgehead atoms. The highest BCUT2D eigenvalue weighted by Gasteiger charge is 2.46. The number of anilines is 3.